The maximum absolute atomic E-state index is 11.4. The largest absolute Gasteiger partial charge is 0.398 e. The first-order valence-electron chi connectivity index (χ1n) is 5.39. The number of carbonyl (C=O) groups is 1. The second-order valence-corrected chi connectivity index (χ2v) is 5.97. The molecule has 3 rings (SSSR count). The predicted molar refractivity (Wildman–Crippen MR) is 71.8 cm³/mol. The molecular formula is C11H10N4OS2. The molecule has 1 aromatic carbocycles. The van der Waals surface area contributed by atoms with Crippen molar-refractivity contribution in [2.24, 2.45) is 0 Å². The lowest BCUT2D eigenvalue weighted by molar-refractivity contribution is -0.116. The molecular weight excluding hydrogens is 268 g/mol. The number of benzene rings is 1. The van der Waals surface area contributed by atoms with Crippen LogP contribution in [0.25, 0.3) is 0 Å². The Morgan fingerprint density at radius 3 is 3.06 bits per heavy atom. The van der Waals surface area contributed by atoms with E-state index in [0.29, 0.717) is 12.1 Å². The molecule has 0 fully saturated rings. The highest BCUT2D eigenvalue weighted by Crippen LogP contribution is 2.37. The van der Waals surface area contributed by atoms with Crippen LogP contribution >= 0.6 is 23.3 Å². The Kier molecular flexibility index (Phi) is 2.92. The average molecular weight is 278 g/mol. The number of carbonyl (C=O) groups excluding carboxylic acids is 1. The molecule has 1 aromatic heterocycles. The van der Waals surface area contributed by atoms with Crippen LogP contribution in [0.4, 0.5) is 11.4 Å². The fourth-order valence-corrected chi connectivity index (χ4v) is 3.29. The molecule has 0 aliphatic carbocycles. The molecule has 0 bridgehead atoms. The third kappa shape index (κ3) is 2.19. The normalized spacial score (nSPS) is 14.1. The van der Waals surface area contributed by atoms with Gasteiger partial charge in [-0.15, -0.1) is 0 Å². The van der Waals surface area contributed by atoms with Crippen LogP contribution in [0.5, 0.6) is 0 Å². The van der Waals surface area contributed by atoms with Crippen molar-refractivity contribution in [3.05, 3.63) is 24.0 Å². The summed E-state index contributed by atoms with van der Waals surface area (Å²) in [6.07, 6.45) is 2.79. The molecule has 1 aliphatic heterocycles. The van der Waals surface area contributed by atoms with Crippen molar-refractivity contribution < 1.29 is 4.79 Å². The van der Waals surface area contributed by atoms with E-state index in [-0.39, 0.29) is 5.91 Å². The molecule has 0 spiro atoms. The van der Waals surface area contributed by atoms with Gasteiger partial charge in [-0.25, -0.2) is 4.98 Å². The van der Waals surface area contributed by atoms with Gasteiger partial charge in [-0.2, -0.15) is 4.37 Å². The summed E-state index contributed by atoms with van der Waals surface area (Å²) in [5.41, 5.74) is 8.68. The molecule has 0 saturated heterocycles. The number of aryl methyl sites for hydroxylation is 1. The Balaban J connectivity index is 1.95. The highest BCUT2D eigenvalue weighted by molar-refractivity contribution is 8.01. The summed E-state index contributed by atoms with van der Waals surface area (Å²) >= 11 is 2.79. The standard InChI is InChI=1S/C11H10N4OS2/c12-7-3-6-1-2-10(16)15-8(6)4-9(7)17-11-13-5-14-18-11/h3-5H,1-2,12H2,(H,15,16). The zero-order valence-electron chi connectivity index (χ0n) is 9.34. The summed E-state index contributed by atoms with van der Waals surface area (Å²) in [5.74, 6) is 0.0548. The minimum Gasteiger partial charge on any atom is -0.398 e. The van der Waals surface area contributed by atoms with Gasteiger partial charge in [-0.1, -0.05) is 11.8 Å². The van der Waals surface area contributed by atoms with Gasteiger partial charge in [0, 0.05) is 22.7 Å². The summed E-state index contributed by atoms with van der Waals surface area (Å²) in [5, 5.41) is 2.87. The van der Waals surface area contributed by atoms with Crippen molar-refractivity contribution in [3.63, 3.8) is 0 Å². The molecule has 7 heteroatoms. The fraction of sp³-hybridized carbons (Fsp3) is 0.182. The molecule has 0 atom stereocenters. The van der Waals surface area contributed by atoms with Crippen molar-refractivity contribution in [3.8, 4) is 0 Å². The average Bonchev–Trinajstić information content (AvgIpc) is 2.83. The molecule has 3 N–H and O–H groups in total. The molecule has 2 aromatic rings. The van der Waals surface area contributed by atoms with Crippen LogP contribution in [0.15, 0.2) is 27.7 Å². The number of nitrogens with one attached hydrogen (secondary N) is 1. The van der Waals surface area contributed by atoms with Crippen molar-refractivity contribution in [2.45, 2.75) is 22.1 Å². The van der Waals surface area contributed by atoms with Crippen LogP contribution in [0.2, 0.25) is 0 Å². The van der Waals surface area contributed by atoms with Gasteiger partial charge < -0.3 is 11.1 Å². The first-order chi connectivity index (χ1) is 8.72. The number of fused-ring (bicyclic) bond motifs is 1. The first kappa shape index (κ1) is 11.5. The zero-order chi connectivity index (χ0) is 12.5. The molecule has 0 saturated carbocycles. The molecule has 1 aliphatic rings. The quantitative estimate of drug-likeness (QED) is 0.823. The third-order valence-corrected chi connectivity index (χ3v) is 4.46. The second-order valence-electron chi connectivity index (χ2n) is 3.90. The van der Waals surface area contributed by atoms with Crippen LogP contribution in [0.3, 0.4) is 0 Å². The number of amides is 1. The van der Waals surface area contributed by atoms with Gasteiger partial charge in [-0.05, 0) is 35.6 Å². The van der Waals surface area contributed by atoms with Gasteiger partial charge in [0.2, 0.25) is 5.91 Å². The van der Waals surface area contributed by atoms with Crippen LogP contribution < -0.4 is 11.1 Å². The Labute approximate surface area is 112 Å². The van der Waals surface area contributed by atoms with Crippen LogP contribution in [0.1, 0.15) is 12.0 Å². The smallest absolute Gasteiger partial charge is 0.224 e. The van der Waals surface area contributed by atoms with Crippen molar-refractivity contribution in [2.75, 3.05) is 11.1 Å². The molecule has 18 heavy (non-hydrogen) atoms. The lowest BCUT2D eigenvalue weighted by atomic mass is 10.0. The van der Waals surface area contributed by atoms with Crippen LogP contribution in [-0.4, -0.2) is 15.3 Å². The monoisotopic (exact) mass is 278 g/mol. The van der Waals surface area contributed by atoms with E-state index in [1.165, 1.54) is 29.6 Å². The summed E-state index contributed by atoms with van der Waals surface area (Å²) in [6.45, 7) is 0. The molecule has 92 valence electrons. The van der Waals surface area contributed by atoms with E-state index in [0.717, 1.165) is 26.9 Å². The van der Waals surface area contributed by atoms with Gasteiger partial charge in [0.15, 0.2) is 4.34 Å². The number of aromatic nitrogens is 2. The van der Waals surface area contributed by atoms with Crippen molar-refractivity contribution >= 4 is 40.6 Å². The summed E-state index contributed by atoms with van der Waals surface area (Å²) in [7, 11) is 0. The highest BCUT2D eigenvalue weighted by atomic mass is 32.2. The number of anilines is 2. The Hall–Kier alpha value is -1.60. The summed E-state index contributed by atoms with van der Waals surface area (Å²) < 4.78 is 4.78. The number of nitrogens with zero attached hydrogens (tertiary/aromatic N) is 2. The van der Waals surface area contributed by atoms with Gasteiger partial charge >= 0.3 is 0 Å². The topological polar surface area (TPSA) is 80.9 Å². The SMILES string of the molecule is Nc1cc2c(cc1Sc1ncns1)NC(=O)CC2. The van der Waals surface area contributed by atoms with E-state index in [4.69, 9.17) is 5.73 Å². The predicted octanol–water partition coefficient (Wildman–Crippen LogP) is 2.16. The van der Waals surface area contributed by atoms with Crippen molar-refractivity contribution in [1.82, 2.24) is 9.36 Å². The van der Waals surface area contributed by atoms with Gasteiger partial charge in [0.25, 0.3) is 0 Å². The van der Waals surface area contributed by atoms with Crippen molar-refractivity contribution in [1.29, 1.82) is 0 Å². The Morgan fingerprint density at radius 1 is 1.39 bits per heavy atom. The maximum atomic E-state index is 11.4. The number of hydrogen-bond acceptors (Lipinski definition) is 6. The highest BCUT2D eigenvalue weighted by Gasteiger charge is 2.17. The molecule has 0 unspecified atom stereocenters. The number of rotatable bonds is 2. The van der Waals surface area contributed by atoms with E-state index < -0.39 is 0 Å². The summed E-state index contributed by atoms with van der Waals surface area (Å²) in [4.78, 5) is 16.4. The number of nitrogen functional groups attached to an aromatic ring is 1. The number of hydrogen-bond donors (Lipinski definition) is 2. The minimum absolute atomic E-state index is 0.0548. The molecule has 2 heterocycles. The Morgan fingerprint density at radius 2 is 2.28 bits per heavy atom. The number of nitrogens with two attached hydrogens (primary N) is 1. The fourth-order valence-electron chi connectivity index (χ4n) is 1.82. The second kappa shape index (κ2) is 4.58. The van der Waals surface area contributed by atoms with E-state index in [1.54, 1.807) is 0 Å². The third-order valence-electron chi connectivity index (χ3n) is 2.67. The summed E-state index contributed by atoms with van der Waals surface area (Å²) in [6, 6.07) is 3.84. The van der Waals surface area contributed by atoms with E-state index in [1.807, 2.05) is 12.1 Å². The Bertz CT molecular complexity index is 597. The van der Waals surface area contributed by atoms with Gasteiger partial charge in [0.05, 0.1) is 0 Å². The molecule has 0 radical (unpaired) electrons. The van der Waals surface area contributed by atoms with Crippen LogP contribution in [-0.2, 0) is 11.2 Å². The molecule has 5 nitrogen and oxygen atoms in total. The molecule has 1 amide bonds. The lowest BCUT2D eigenvalue weighted by Gasteiger charge is -2.18. The zero-order valence-corrected chi connectivity index (χ0v) is 11.0. The van der Waals surface area contributed by atoms with E-state index in [9.17, 15) is 4.79 Å². The van der Waals surface area contributed by atoms with Gasteiger partial charge in [0.1, 0.15) is 6.33 Å². The van der Waals surface area contributed by atoms with Crippen LogP contribution in [0, 0.1) is 0 Å². The van der Waals surface area contributed by atoms with E-state index >= 15 is 0 Å². The maximum Gasteiger partial charge on any atom is 0.224 e. The van der Waals surface area contributed by atoms with E-state index in [2.05, 4.69) is 14.7 Å². The minimum atomic E-state index is 0.0548. The van der Waals surface area contributed by atoms with Gasteiger partial charge in [-0.3, -0.25) is 4.79 Å². The lowest BCUT2D eigenvalue weighted by Crippen LogP contribution is -2.19. The first-order valence-corrected chi connectivity index (χ1v) is 6.98.